The predicted molar refractivity (Wildman–Crippen MR) is 183 cm³/mol. The molecule has 5 rings (SSSR count). The highest BCUT2D eigenvalue weighted by Gasteiger charge is 2.21. The first-order valence-corrected chi connectivity index (χ1v) is 16.5. The standard InChI is InChI=1S/C34H39Cl2N7O5/c1-22(44)40-24-11-15-42(16-12-24)17-13-30(45)39-19-31(46)38-18-23-9-10-27(35)26(32(23)36)21-48-29-8-5-7-28-33(29)41-34(47-2)43(28)20-25-6-3-4-14-37-25/h3-10,14,24H,11-13,15-21H2,1-2H3,(H,38,46)(H,39,45)(H,40,44). The van der Waals surface area contributed by atoms with Gasteiger partial charge < -0.3 is 30.3 Å². The number of rotatable bonds is 14. The number of halogens is 2. The van der Waals surface area contributed by atoms with Crippen LogP contribution in [0.1, 0.15) is 43.0 Å². The number of hydrogen-bond donors (Lipinski definition) is 3. The fourth-order valence-corrected chi connectivity index (χ4v) is 6.16. The van der Waals surface area contributed by atoms with Crippen molar-refractivity contribution in [3.05, 3.63) is 81.6 Å². The lowest BCUT2D eigenvalue weighted by Gasteiger charge is -2.31. The van der Waals surface area contributed by atoms with E-state index < -0.39 is 0 Å². The van der Waals surface area contributed by atoms with Crippen LogP contribution in [0.25, 0.3) is 11.0 Å². The van der Waals surface area contributed by atoms with Crippen LogP contribution in [-0.2, 0) is 34.1 Å². The van der Waals surface area contributed by atoms with Crippen LogP contribution in [0.3, 0.4) is 0 Å². The molecule has 0 spiro atoms. The second-order valence-corrected chi connectivity index (χ2v) is 12.3. The minimum atomic E-state index is -0.342. The van der Waals surface area contributed by atoms with E-state index >= 15 is 0 Å². The highest BCUT2D eigenvalue weighted by atomic mass is 35.5. The van der Waals surface area contributed by atoms with Crippen LogP contribution in [0.15, 0.2) is 54.7 Å². The summed E-state index contributed by atoms with van der Waals surface area (Å²) >= 11 is 13.3. The fourth-order valence-electron chi connectivity index (χ4n) is 5.62. The molecule has 254 valence electrons. The molecule has 3 N–H and O–H groups in total. The van der Waals surface area contributed by atoms with E-state index in [0.717, 1.165) is 37.1 Å². The normalized spacial score (nSPS) is 13.7. The average molecular weight is 697 g/mol. The Morgan fingerprint density at radius 3 is 2.54 bits per heavy atom. The molecule has 1 aliphatic rings. The maximum atomic E-state index is 12.5. The van der Waals surface area contributed by atoms with Crippen LogP contribution >= 0.6 is 23.2 Å². The molecule has 0 atom stereocenters. The zero-order chi connectivity index (χ0) is 34.0. The van der Waals surface area contributed by atoms with Crippen LogP contribution in [0.2, 0.25) is 10.0 Å². The van der Waals surface area contributed by atoms with Crippen molar-refractivity contribution in [2.75, 3.05) is 33.3 Å². The van der Waals surface area contributed by atoms with Crippen LogP contribution in [0.5, 0.6) is 11.8 Å². The summed E-state index contributed by atoms with van der Waals surface area (Å²) in [7, 11) is 1.57. The van der Waals surface area contributed by atoms with Gasteiger partial charge in [-0.1, -0.05) is 41.4 Å². The van der Waals surface area contributed by atoms with E-state index in [9.17, 15) is 14.4 Å². The van der Waals surface area contributed by atoms with E-state index in [0.29, 0.717) is 51.5 Å². The quantitative estimate of drug-likeness (QED) is 0.179. The molecule has 1 aliphatic heterocycles. The van der Waals surface area contributed by atoms with E-state index in [4.69, 9.17) is 32.7 Å². The Balaban J connectivity index is 1.12. The first-order chi connectivity index (χ1) is 23.2. The van der Waals surface area contributed by atoms with Crippen LogP contribution < -0.4 is 25.4 Å². The molecule has 0 bridgehead atoms. The minimum absolute atomic E-state index is 0.0213. The van der Waals surface area contributed by atoms with Crippen molar-refractivity contribution in [3.8, 4) is 11.8 Å². The zero-order valence-electron chi connectivity index (χ0n) is 26.9. The molecule has 0 unspecified atom stereocenters. The van der Waals surface area contributed by atoms with Gasteiger partial charge in [0.1, 0.15) is 17.9 Å². The number of fused-ring (bicyclic) bond motifs is 1. The molecule has 2 aromatic heterocycles. The molecule has 2 aromatic carbocycles. The van der Waals surface area contributed by atoms with Crippen molar-refractivity contribution < 1.29 is 23.9 Å². The van der Waals surface area contributed by atoms with Gasteiger partial charge in [-0.2, -0.15) is 4.98 Å². The van der Waals surface area contributed by atoms with E-state index in [1.807, 2.05) is 41.0 Å². The Bertz CT molecular complexity index is 1740. The number of carbonyl (C=O) groups excluding carboxylic acids is 3. The summed E-state index contributed by atoms with van der Waals surface area (Å²) in [6.45, 7) is 4.28. The number of ether oxygens (including phenoxy) is 2. The third-order valence-corrected chi connectivity index (χ3v) is 8.97. The first kappa shape index (κ1) is 34.9. The van der Waals surface area contributed by atoms with Gasteiger partial charge in [-0.3, -0.25) is 23.9 Å². The Morgan fingerprint density at radius 2 is 1.81 bits per heavy atom. The zero-order valence-corrected chi connectivity index (χ0v) is 28.4. The molecule has 3 amide bonds. The monoisotopic (exact) mass is 695 g/mol. The molecule has 12 nitrogen and oxygen atoms in total. The van der Waals surface area contributed by atoms with Crippen molar-refractivity contribution in [3.63, 3.8) is 0 Å². The van der Waals surface area contributed by atoms with Gasteiger partial charge in [0.05, 0.1) is 36.4 Å². The van der Waals surface area contributed by atoms with Gasteiger partial charge in [-0.25, -0.2) is 0 Å². The minimum Gasteiger partial charge on any atom is -0.486 e. The SMILES string of the molecule is COc1nc2c(OCc3c(Cl)ccc(CNC(=O)CNC(=O)CCN4CCC(NC(C)=O)CC4)c3Cl)cccc2n1Cc1ccccn1. The Kier molecular flexibility index (Phi) is 12.1. The third kappa shape index (κ3) is 9.15. The molecule has 0 radical (unpaired) electrons. The van der Waals surface area contributed by atoms with E-state index in [1.54, 1.807) is 25.4 Å². The lowest BCUT2D eigenvalue weighted by Crippen LogP contribution is -2.45. The van der Waals surface area contributed by atoms with E-state index in [1.165, 1.54) is 6.92 Å². The number of nitrogens with zero attached hydrogens (tertiary/aromatic N) is 4. The Morgan fingerprint density at radius 1 is 1.00 bits per heavy atom. The van der Waals surface area contributed by atoms with Crippen molar-refractivity contribution in [2.45, 2.75) is 51.9 Å². The molecular weight excluding hydrogens is 657 g/mol. The Hall–Kier alpha value is -4.39. The molecule has 1 fully saturated rings. The molecule has 3 heterocycles. The summed E-state index contributed by atoms with van der Waals surface area (Å²) in [4.78, 5) is 47.4. The predicted octanol–water partition coefficient (Wildman–Crippen LogP) is 4.10. The molecular formula is C34H39Cl2N7O5. The van der Waals surface area contributed by atoms with Crippen molar-refractivity contribution in [2.24, 2.45) is 0 Å². The second kappa shape index (κ2) is 16.6. The topological polar surface area (TPSA) is 140 Å². The van der Waals surface area contributed by atoms with Gasteiger partial charge in [0.2, 0.25) is 17.7 Å². The lowest BCUT2D eigenvalue weighted by molar-refractivity contribution is -0.126. The largest absolute Gasteiger partial charge is 0.486 e. The first-order valence-electron chi connectivity index (χ1n) is 15.8. The molecule has 0 saturated carbocycles. The summed E-state index contributed by atoms with van der Waals surface area (Å²) in [5.41, 5.74) is 3.52. The number of para-hydroxylation sites is 1. The van der Waals surface area contributed by atoms with Crippen molar-refractivity contribution in [1.29, 1.82) is 0 Å². The highest BCUT2D eigenvalue weighted by Crippen LogP contribution is 2.33. The van der Waals surface area contributed by atoms with Gasteiger partial charge >= 0.3 is 0 Å². The number of pyridine rings is 1. The number of hydrogen-bond acceptors (Lipinski definition) is 8. The smallest absolute Gasteiger partial charge is 0.297 e. The molecule has 48 heavy (non-hydrogen) atoms. The molecule has 0 aliphatic carbocycles. The number of likely N-dealkylation sites (tertiary alicyclic amines) is 1. The van der Waals surface area contributed by atoms with Gasteiger partial charge in [0.15, 0.2) is 0 Å². The number of aromatic nitrogens is 3. The average Bonchev–Trinajstić information content (AvgIpc) is 3.44. The van der Waals surface area contributed by atoms with Gasteiger partial charge in [0.25, 0.3) is 6.01 Å². The number of piperidine rings is 1. The number of methoxy groups -OCH3 is 1. The second-order valence-electron chi connectivity index (χ2n) is 11.5. The van der Waals surface area contributed by atoms with Crippen molar-refractivity contribution >= 4 is 52.0 Å². The number of carbonyl (C=O) groups is 3. The highest BCUT2D eigenvalue weighted by molar-refractivity contribution is 6.36. The van der Waals surface area contributed by atoms with Crippen LogP contribution in [0.4, 0.5) is 0 Å². The number of nitrogens with one attached hydrogen (secondary N) is 3. The maximum absolute atomic E-state index is 12.5. The molecule has 14 heteroatoms. The summed E-state index contributed by atoms with van der Waals surface area (Å²) in [5.74, 6) is -0.0360. The Labute approximate surface area is 289 Å². The summed E-state index contributed by atoms with van der Waals surface area (Å²) in [6.07, 6.45) is 3.74. The number of imidazole rings is 1. The van der Waals surface area contributed by atoms with E-state index in [-0.39, 0.29) is 49.9 Å². The fraction of sp³-hybridized carbons (Fsp3) is 0.382. The summed E-state index contributed by atoms with van der Waals surface area (Å²) in [6, 6.07) is 15.4. The summed E-state index contributed by atoms with van der Waals surface area (Å²) < 4.78 is 13.7. The molecule has 1 saturated heterocycles. The number of amides is 3. The van der Waals surface area contributed by atoms with Crippen LogP contribution in [0, 0.1) is 0 Å². The van der Waals surface area contributed by atoms with Gasteiger partial charge in [-0.15, -0.1) is 0 Å². The van der Waals surface area contributed by atoms with Gasteiger partial charge in [-0.05, 0) is 48.7 Å². The lowest BCUT2D eigenvalue weighted by atomic mass is 10.0. The molecule has 4 aromatic rings. The summed E-state index contributed by atoms with van der Waals surface area (Å²) in [5, 5.41) is 9.22. The van der Waals surface area contributed by atoms with Crippen molar-refractivity contribution in [1.82, 2.24) is 35.4 Å². The maximum Gasteiger partial charge on any atom is 0.297 e. The van der Waals surface area contributed by atoms with Crippen LogP contribution in [-0.4, -0.2) is 76.5 Å². The third-order valence-electron chi connectivity index (χ3n) is 8.15. The number of benzene rings is 2. The van der Waals surface area contributed by atoms with Gasteiger partial charge in [0, 0.05) is 62.3 Å². The van der Waals surface area contributed by atoms with E-state index in [2.05, 4.69) is 30.8 Å².